The molecular weight excluding hydrogens is 333 g/mol. The SMILES string of the molecule is CCOC(=O)C1=C(N)Oc2ccc(Cl)cc2C1c1ccc(F)cc1. The summed E-state index contributed by atoms with van der Waals surface area (Å²) in [6.07, 6.45) is 0. The van der Waals surface area contributed by atoms with Crippen LogP contribution in [0.15, 0.2) is 53.9 Å². The van der Waals surface area contributed by atoms with Crippen LogP contribution in [0.3, 0.4) is 0 Å². The van der Waals surface area contributed by atoms with Crippen molar-refractivity contribution in [2.45, 2.75) is 12.8 Å². The van der Waals surface area contributed by atoms with E-state index in [-0.39, 0.29) is 23.9 Å². The maximum Gasteiger partial charge on any atom is 0.340 e. The van der Waals surface area contributed by atoms with Crippen molar-refractivity contribution >= 4 is 17.6 Å². The molecule has 2 aromatic rings. The Morgan fingerprint density at radius 1 is 1.29 bits per heavy atom. The van der Waals surface area contributed by atoms with E-state index in [2.05, 4.69) is 0 Å². The second kappa shape index (κ2) is 6.53. The predicted octanol–water partition coefficient (Wildman–Crippen LogP) is 3.74. The molecule has 0 fully saturated rings. The van der Waals surface area contributed by atoms with Crippen LogP contribution in [-0.2, 0) is 9.53 Å². The summed E-state index contributed by atoms with van der Waals surface area (Å²) in [6.45, 7) is 1.91. The third-order valence-electron chi connectivity index (χ3n) is 3.76. The third-order valence-corrected chi connectivity index (χ3v) is 3.99. The molecular formula is C18H15ClFNO3. The predicted molar refractivity (Wildman–Crippen MR) is 88.2 cm³/mol. The molecule has 1 aliphatic heterocycles. The largest absolute Gasteiger partial charge is 0.462 e. The molecule has 124 valence electrons. The molecule has 3 rings (SSSR count). The van der Waals surface area contributed by atoms with Gasteiger partial charge in [-0.3, -0.25) is 0 Å². The number of benzene rings is 2. The van der Waals surface area contributed by atoms with E-state index in [0.717, 1.165) is 0 Å². The number of rotatable bonds is 3. The van der Waals surface area contributed by atoms with Crippen molar-refractivity contribution in [2.24, 2.45) is 5.73 Å². The van der Waals surface area contributed by atoms with Gasteiger partial charge >= 0.3 is 5.97 Å². The first-order valence-electron chi connectivity index (χ1n) is 7.40. The Hall–Kier alpha value is -2.53. The zero-order chi connectivity index (χ0) is 17.3. The molecule has 2 aromatic carbocycles. The second-order valence-corrected chi connectivity index (χ2v) is 5.70. The molecule has 0 amide bonds. The van der Waals surface area contributed by atoms with E-state index in [1.54, 1.807) is 37.3 Å². The molecule has 1 unspecified atom stereocenters. The lowest BCUT2D eigenvalue weighted by Gasteiger charge is -2.28. The summed E-state index contributed by atoms with van der Waals surface area (Å²) >= 11 is 6.10. The lowest BCUT2D eigenvalue weighted by molar-refractivity contribution is -0.139. The number of carbonyl (C=O) groups excluding carboxylic acids is 1. The van der Waals surface area contributed by atoms with E-state index < -0.39 is 11.9 Å². The Morgan fingerprint density at radius 3 is 2.67 bits per heavy atom. The molecule has 0 saturated carbocycles. The van der Waals surface area contributed by atoms with Crippen LogP contribution in [0.25, 0.3) is 0 Å². The average Bonchev–Trinajstić information content (AvgIpc) is 2.55. The Kier molecular flexibility index (Phi) is 4.44. The van der Waals surface area contributed by atoms with Crippen molar-refractivity contribution < 1.29 is 18.7 Å². The van der Waals surface area contributed by atoms with Crippen LogP contribution in [0.2, 0.25) is 5.02 Å². The Balaban J connectivity index is 2.19. The highest BCUT2D eigenvalue weighted by molar-refractivity contribution is 6.30. The fourth-order valence-corrected chi connectivity index (χ4v) is 2.92. The molecule has 0 spiro atoms. The van der Waals surface area contributed by atoms with Gasteiger partial charge in [-0.15, -0.1) is 0 Å². The fraction of sp³-hybridized carbons (Fsp3) is 0.167. The molecule has 1 aliphatic rings. The number of fused-ring (bicyclic) bond motifs is 1. The van der Waals surface area contributed by atoms with Crippen LogP contribution in [0.4, 0.5) is 4.39 Å². The van der Waals surface area contributed by atoms with E-state index in [0.29, 0.717) is 21.9 Å². The molecule has 6 heteroatoms. The van der Waals surface area contributed by atoms with Gasteiger partial charge in [-0.25, -0.2) is 9.18 Å². The first kappa shape index (κ1) is 16.3. The van der Waals surface area contributed by atoms with Crippen LogP contribution in [0, 0.1) is 5.82 Å². The third kappa shape index (κ3) is 2.95. The number of ether oxygens (including phenoxy) is 2. The van der Waals surface area contributed by atoms with Crippen molar-refractivity contribution in [1.82, 2.24) is 0 Å². The maximum atomic E-state index is 13.3. The highest BCUT2D eigenvalue weighted by Gasteiger charge is 2.35. The van der Waals surface area contributed by atoms with E-state index in [4.69, 9.17) is 26.8 Å². The summed E-state index contributed by atoms with van der Waals surface area (Å²) in [5.41, 5.74) is 7.51. The van der Waals surface area contributed by atoms with Gasteiger partial charge in [-0.2, -0.15) is 0 Å². The summed E-state index contributed by atoms with van der Waals surface area (Å²) < 4.78 is 24.0. The van der Waals surface area contributed by atoms with Gasteiger partial charge in [0.15, 0.2) is 0 Å². The lowest BCUT2D eigenvalue weighted by atomic mass is 9.83. The first-order valence-corrected chi connectivity index (χ1v) is 7.78. The molecule has 1 heterocycles. The molecule has 24 heavy (non-hydrogen) atoms. The fourth-order valence-electron chi connectivity index (χ4n) is 2.74. The summed E-state index contributed by atoms with van der Waals surface area (Å²) in [4.78, 5) is 12.4. The average molecular weight is 348 g/mol. The quantitative estimate of drug-likeness (QED) is 0.859. The van der Waals surface area contributed by atoms with Crippen molar-refractivity contribution in [2.75, 3.05) is 6.61 Å². The number of carbonyl (C=O) groups is 1. The van der Waals surface area contributed by atoms with Crippen molar-refractivity contribution in [3.05, 3.63) is 75.9 Å². The standard InChI is InChI=1S/C18H15ClFNO3/c1-2-23-18(22)16-15(10-3-6-12(20)7-4-10)13-9-11(19)5-8-14(13)24-17(16)21/h3-9,15H,2,21H2,1H3. The lowest BCUT2D eigenvalue weighted by Crippen LogP contribution is -2.27. The Bertz CT molecular complexity index is 818. The topological polar surface area (TPSA) is 61.5 Å². The minimum atomic E-state index is -0.574. The number of hydrogen-bond donors (Lipinski definition) is 1. The van der Waals surface area contributed by atoms with Crippen LogP contribution in [0.1, 0.15) is 24.0 Å². The maximum absolute atomic E-state index is 13.3. The molecule has 0 aliphatic carbocycles. The van der Waals surface area contributed by atoms with Crippen molar-refractivity contribution in [3.63, 3.8) is 0 Å². The number of hydrogen-bond acceptors (Lipinski definition) is 4. The number of halogens is 2. The van der Waals surface area contributed by atoms with Gasteiger partial charge < -0.3 is 15.2 Å². The zero-order valence-corrected chi connectivity index (χ0v) is 13.6. The Labute approximate surface area is 143 Å². The number of esters is 1. The smallest absolute Gasteiger partial charge is 0.340 e. The van der Waals surface area contributed by atoms with Crippen LogP contribution in [-0.4, -0.2) is 12.6 Å². The van der Waals surface area contributed by atoms with Crippen molar-refractivity contribution in [3.8, 4) is 5.75 Å². The van der Waals surface area contributed by atoms with Gasteiger partial charge in [0.05, 0.1) is 12.5 Å². The van der Waals surface area contributed by atoms with Gasteiger partial charge in [0.1, 0.15) is 17.1 Å². The minimum absolute atomic E-state index is 0.0300. The normalized spacial score (nSPS) is 16.4. The monoisotopic (exact) mass is 347 g/mol. The molecule has 0 bridgehead atoms. The molecule has 4 nitrogen and oxygen atoms in total. The van der Waals surface area contributed by atoms with Gasteiger partial charge in [0.2, 0.25) is 5.88 Å². The summed E-state index contributed by atoms with van der Waals surface area (Å²) in [5, 5.41) is 0.494. The van der Waals surface area contributed by atoms with Crippen LogP contribution < -0.4 is 10.5 Å². The van der Waals surface area contributed by atoms with Gasteiger partial charge in [-0.05, 0) is 42.8 Å². The zero-order valence-electron chi connectivity index (χ0n) is 12.9. The molecule has 0 radical (unpaired) electrons. The van der Waals surface area contributed by atoms with Gasteiger partial charge in [0.25, 0.3) is 0 Å². The highest BCUT2D eigenvalue weighted by Crippen LogP contribution is 2.43. The molecule has 0 saturated heterocycles. The van der Waals surface area contributed by atoms with E-state index >= 15 is 0 Å². The van der Waals surface area contributed by atoms with E-state index in [9.17, 15) is 9.18 Å². The van der Waals surface area contributed by atoms with Crippen molar-refractivity contribution in [1.29, 1.82) is 0 Å². The molecule has 0 aromatic heterocycles. The number of nitrogens with two attached hydrogens (primary N) is 1. The van der Waals surface area contributed by atoms with Gasteiger partial charge in [-0.1, -0.05) is 23.7 Å². The van der Waals surface area contributed by atoms with E-state index in [1.165, 1.54) is 12.1 Å². The molecule has 1 atom stereocenters. The minimum Gasteiger partial charge on any atom is -0.462 e. The highest BCUT2D eigenvalue weighted by atomic mass is 35.5. The Morgan fingerprint density at radius 2 is 2.00 bits per heavy atom. The second-order valence-electron chi connectivity index (χ2n) is 5.27. The summed E-state index contributed by atoms with van der Waals surface area (Å²) in [5.74, 6) is -1.02. The summed E-state index contributed by atoms with van der Waals surface area (Å²) in [7, 11) is 0. The first-order chi connectivity index (χ1) is 11.5. The molecule has 2 N–H and O–H groups in total. The van der Waals surface area contributed by atoms with Crippen LogP contribution in [0.5, 0.6) is 5.75 Å². The van der Waals surface area contributed by atoms with Crippen LogP contribution >= 0.6 is 11.6 Å². The van der Waals surface area contributed by atoms with E-state index in [1.807, 2.05) is 0 Å². The summed E-state index contributed by atoms with van der Waals surface area (Å²) in [6, 6.07) is 10.9. The van der Waals surface area contributed by atoms with Gasteiger partial charge in [0, 0.05) is 10.6 Å².